The highest BCUT2D eigenvalue weighted by Crippen LogP contribution is 3.01. The summed E-state index contributed by atoms with van der Waals surface area (Å²) in [4.78, 5) is 14.7. The number of ether oxygens (including phenoxy) is 3. The second-order valence-electron chi connectivity index (χ2n) is 12.6. The van der Waals surface area contributed by atoms with E-state index in [1.165, 1.54) is 25.7 Å². The van der Waals surface area contributed by atoms with E-state index >= 15 is 0 Å². The van der Waals surface area contributed by atoms with Crippen LogP contribution in [0.2, 0.25) is 0 Å². The van der Waals surface area contributed by atoms with Gasteiger partial charge in [-0.1, -0.05) is 0 Å². The van der Waals surface area contributed by atoms with Crippen molar-refractivity contribution in [2.24, 2.45) is 16.2 Å². The molecule has 1 aliphatic heterocycles. The van der Waals surface area contributed by atoms with E-state index in [4.69, 9.17) is 14.2 Å². The minimum Gasteiger partial charge on any atom is -0.381 e. The largest absolute Gasteiger partial charge is 0.381 e. The molecule has 0 bridgehead atoms. The van der Waals surface area contributed by atoms with Gasteiger partial charge in [-0.2, -0.15) is 0 Å². The van der Waals surface area contributed by atoms with Gasteiger partial charge in [-0.3, -0.25) is 4.79 Å². The van der Waals surface area contributed by atoms with Crippen molar-refractivity contribution in [2.75, 3.05) is 32.9 Å². The highest BCUT2D eigenvalue weighted by atomic mass is 16.5. The molecule has 1 heterocycles. The number of hydrogen-bond donors (Lipinski definition) is 0. The lowest BCUT2D eigenvalue weighted by Gasteiger charge is -2.43. The lowest BCUT2D eigenvalue weighted by Crippen LogP contribution is -2.57. The van der Waals surface area contributed by atoms with Gasteiger partial charge in [0.05, 0.1) is 23.9 Å². The zero-order chi connectivity index (χ0) is 21.8. The molecule has 4 rings (SSSR count). The summed E-state index contributed by atoms with van der Waals surface area (Å²) in [7, 11) is 0. The monoisotopic (exact) mass is 421 g/mol. The van der Waals surface area contributed by atoms with Gasteiger partial charge in [0.15, 0.2) is 0 Å². The molecule has 3 unspecified atom stereocenters. The fourth-order valence-corrected chi connectivity index (χ4v) is 6.35. The zero-order valence-corrected chi connectivity index (χ0v) is 20.1. The van der Waals surface area contributed by atoms with Crippen molar-refractivity contribution in [1.29, 1.82) is 0 Å². The summed E-state index contributed by atoms with van der Waals surface area (Å²) < 4.78 is 17.8. The van der Waals surface area contributed by atoms with Crippen LogP contribution in [0, 0.1) is 16.2 Å². The van der Waals surface area contributed by atoms with Gasteiger partial charge in [0.2, 0.25) is 5.91 Å². The van der Waals surface area contributed by atoms with Crippen LogP contribution in [-0.2, 0) is 19.0 Å². The third-order valence-corrected chi connectivity index (χ3v) is 7.79. The first-order chi connectivity index (χ1) is 13.9. The van der Waals surface area contributed by atoms with E-state index in [-0.39, 0.29) is 17.3 Å². The molecule has 5 heteroatoms. The fraction of sp³-hybridized carbons (Fsp3) is 0.960. The van der Waals surface area contributed by atoms with Crippen molar-refractivity contribution in [1.82, 2.24) is 4.90 Å². The highest BCUT2D eigenvalue weighted by Gasteiger charge is 2.95. The molecule has 0 radical (unpaired) electrons. The van der Waals surface area contributed by atoms with E-state index in [1.807, 2.05) is 4.90 Å². The Balaban J connectivity index is 1.07. The van der Waals surface area contributed by atoms with E-state index in [1.54, 1.807) is 0 Å². The molecule has 3 atom stereocenters. The molecular formula is C25H43NO4. The number of amides is 1. The first kappa shape index (κ1) is 22.5. The number of carbonyl (C=O) groups excluding carboxylic acids is 1. The van der Waals surface area contributed by atoms with Crippen LogP contribution in [0.5, 0.6) is 0 Å². The van der Waals surface area contributed by atoms with Crippen LogP contribution in [0.4, 0.5) is 0 Å². The Morgan fingerprint density at radius 3 is 2.20 bits per heavy atom. The summed E-state index contributed by atoms with van der Waals surface area (Å²) in [5.74, 6) is 0.347. The maximum atomic E-state index is 12.7. The van der Waals surface area contributed by atoms with Crippen LogP contribution in [0.15, 0.2) is 0 Å². The van der Waals surface area contributed by atoms with Crippen LogP contribution < -0.4 is 0 Å². The smallest absolute Gasteiger partial charge is 0.223 e. The van der Waals surface area contributed by atoms with Gasteiger partial charge in [0.25, 0.3) is 0 Å². The van der Waals surface area contributed by atoms with Crippen LogP contribution in [0.1, 0.15) is 86.5 Å². The van der Waals surface area contributed by atoms with Gasteiger partial charge < -0.3 is 19.1 Å². The van der Waals surface area contributed by atoms with E-state index in [0.717, 1.165) is 52.2 Å². The van der Waals surface area contributed by atoms with Crippen LogP contribution in [0.3, 0.4) is 0 Å². The molecule has 172 valence electrons. The molecule has 4 aliphatic rings. The summed E-state index contributed by atoms with van der Waals surface area (Å²) in [6.07, 6.45) is 8.13. The van der Waals surface area contributed by atoms with Gasteiger partial charge in [-0.15, -0.1) is 0 Å². The topological polar surface area (TPSA) is 48.0 Å². The third-order valence-electron chi connectivity index (χ3n) is 7.79. The standard InChI is InChI=1S/C25H43NO4/c1-21(2,3)29-11-9-7-8-10-28-18-24-15-23(16-25(23,24)17-24)12-20(27)26-13-19(14-26)30-22(4,5)6/h19H,7-18H2,1-6H3. The molecule has 1 spiro atoms. The van der Waals surface area contributed by atoms with Crippen LogP contribution in [-0.4, -0.2) is 61.0 Å². The van der Waals surface area contributed by atoms with Crippen molar-refractivity contribution in [3.05, 3.63) is 0 Å². The number of rotatable bonds is 11. The average molecular weight is 422 g/mol. The summed E-state index contributed by atoms with van der Waals surface area (Å²) in [6, 6.07) is 0. The second-order valence-corrected chi connectivity index (χ2v) is 12.6. The number of likely N-dealkylation sites (tertiary alicyclic amines) is 1. The average Bonchev–Trinajstić information content (AvgIpc) is 3.31. The lowest BCUT2D eigenvalue weighted by atomic mass is 9.73. The first-order valence-corrected chi connectivity index (χ1v) is 12.1. The number of unbranched alkanes of at least 4 members (excludes halogenated alkanes) is 2. The molecule has 4 fully saturated rings. The predicted molar refractivity (Wildman–Crippen MR) is 117 cm³/mol. The van der Waals surface area contributed by atoms with Crippen LogP contribution >= 0.6 is 0 Å². The van der Waals surface area contributed by atoms with Crippen LogP contribution in [0.25, 0.3) is 0 Å². The van der Waals surface area contributed by atoms with E-state index in [0.29, 0.717) is 22.2 Å². The molecule has 0 N–H and O–H groups in total. The number of carbonyl (C=O) groups is 1. The minimum absolute atomic E-state index is 0.0319. The van der Waals surface area contributed by atoms with Crippen molar-refractivity contribution in [2.45, 2.75) is 104 Å². The second kappa shape index (κ2) is 7.45. The quantitative estimate of drug-likeness (QED) is 0.458. The molecule has 0 aromatic heterocycles. The van der Waals surface area contributed by atoms with Gasteiger partial charge in [0.1, 0.15) is 0 Å². The number of hydrogen-bond acceptors (Lipinski definition) is 4. The van der Waals surface area contributed by atoms with Crippen molar-refractivity contribution in [3.63, 3.8) is 0 Å². The summed E-state index contributed by atoms with van der Waals surface area (Å²) in [5, 5.41) is 0. The molecule has 3 aliphatic carbocycles. The first-order valence-electron chi connectivity index (χ1n) is 12.1. The SMILES string of the molecule is CC(C)(C)OCCCCCOCC12CC3(CC(=O)N4CC(OC(C)(C)C)C4)CC13C2. The molecular weight excluding hydrogens is 378 g/mol. The maximum absolute atomic E-state index is 12.7. The predicted octanol–water partition coefficient (Wildman–Crippen LogP) is 4.57. The van der Waals surface area contributed by atoms with Gasteiger partial charge in [-0.05, 0) is 90.9 Å². The van der Waals surface area contributed by atoms with Gasteiger partial charge >= 0.3 is 0 Å². The van der Waals surface area contributed by atoms with E-state index in [2.05, 4.69) is 41.5 Å². The summed E-state index contributed by atoms with van der Waals surface area (Å²) >= 11 is 0. The molecule has 5 nitrogen and oxygen atoms in total. The van der Waals surface area contributed by atoms with E-state index in [9.17, 15) is 4.79 Å². The Labute approximate surface area is 183 Å². The molecule has 0 aromatic rings. The Hall–Kier alpha value is -0.650. The Morgan fingerprint density at radius 1 is 0.900 bits per heavy atom. The van der Waals surface area contributed by atoms with Crippen molar-refractivity contribution >= 4 is 5.91 Å². The molecule has 1 saturated heterocycles. The van der Waals surface area contributed by atoms with Gasteiger partial charge in [0, 0.05) is 38.1 Å². The Bertz CT molecular complexity index is 659. The fourth-order valence-electron chi connectivity index (χ4n) is 6.35. The Morgan fingerprint density at radius 2 is 1.57 bits per heavy atom. The molecule has 30 heavy (non-hydrogen) atoms. The molecule has 3 saturated carbocycles. The van der Waals surface area contributed by atoms with Crippen molar-refractivity contribution in [3.8, 4) is 0 Å². The van der Waals surface area contributed by atoms with E-state index < -0.39 is 0 Å². The Kier molecular flexibility index (Phi) is 5.60. The normalized spacial score (nSPS) is 34.7. The zero-order valence-electron chi connectivity index (χ0n) is 20.1. The maximum Gasteiger partial charge on any atom is 0.223 e. The minimum atomic E-state index is -0.124. The third kappa shape index (κ3) is 4.31. The summed E-state index contributed by atoms with van der Waals surface area (Å²) in [6.45, 7) is 16.7. The highest BCUT2D eigenvalue weighted by molar-refractivity contribution is 5.79. The van der Waals surface area contributed by atoms with Gasteiger partial charge in [-0.25, -0.2) is 0 Å². The van der Waals surface area contributed by atoms with Crippen molar-refractivity contribution < 1.29 is 19.0 Å². The molecule has 0 aromatic carbocycles. The summed E-state index contributed by atoms with van der Waals surface area (Å²) in [5.41, 5.74) is 1.07. The number of nitrogens with zero attached hydrogens (tertiary/aromatic N) is 1. The molecule has 1 amide bonds. The lowest BCUT2D eigenvalue weighted by molar-refractivity contribution is -0.159.